The van der Waals surface area contributed by atoms with E-state index in [2.05, 4.69) is 5.32 Å². The van der Waals surface area contributed by atoms with Gasteiger partial charge in [-0.05, 0) is 38.0 Å². The minimum atomic E-state index is -4.48. The van der Waals surface area contributed by atoms with Crippen molar-refractivity contribution in [3.8, 4) is 0 Å². The van der Waals surface area contributed by atoms with Crippen molar-refractivity contribution in [3.05, 3.63) is 29.3 Å². The van der Waals surface area contributed by atoms with Gasteiger partial charge in [-0.1, -0.05) is 6.07 Å². The molecule has 0 radical (unpaired) electrons. The average molecular weight is 331 g/mol. The predicted molar refractivity (Wildman–Crippen MR) is 81.1 cm³/mol. The summed E-state index contributed by atoms with van der Waals surface area (Å²) in [4.78, 5) is 23.5. The fraction of sp³-hybridized carbons (Fsp3) is 0.467. The molecule has 0 aliphatic heterocycles. The third-order valence-corrected chi connectivity index (χ3v) is 3.05. The average Bonchev–Trinajstić information content (AvgIpc) is 2.44. The quantitative estimate of drug-likeness (QED) is 0.748. The zero-order valence-electron chi connectivity index (χ0n) is 13.0. The number of carbonyl (C=O) groups is 2. The number of hydrogen-bond acceptors (Lipinski definition) is 3. The van der Waals surface area contributed by atoms with Crippen molar-refractivity contribution in [2.24, 2.45) is 5.73 Å². The summed E-state index contributed by atoms with van der Waals surface area (Å²) in [6, 6.07) is 4.20. The van der Waals surface area contributed by atoms with Crippen LogP contribution in [0.4, 0.5) is 18.9 Å². The summed E-state index contributed by atoms with van der Waals surface area (Å²) >= 11 is 0. The molecule has 0 aromatic heterocycles. The lowest BCUT2D eigenvalue weighted by Crippen LogP contribution is -2.33. The lowest BCUT2D eigenvalue weighted by atomic mass is 10.1. The SMILES string of the molecule is Cc1ccc(C(=O)NCC(F)(F)F)cc1NC(=O)CCC(C)N. The van der Waals surface area contributed by atoms with Crippen molar-refractivity contribution in [2.75, 3.05) is 11.9 Å². The molecule has 4 N–H and O–H groups in total. The molecular weight excluding hydrogens is 311 g/mol. The highest BCUT2D eigenvalue weighted by molar-refractivity contribution is 5.97. The highest BCUT2D eigenvalue weighted by Gasteiger charge is 2.28. The number of halogens is 3. The summed E-state index contributed by atoms with van der Waals surface area (Å²) in [5.41, 5.74) is 6.70. The summed E-state index contributed by atoms with van der Waals surface area (Å²) in [5.74, 6) is -1.12. The molecule has 1 rings (SSSR count). The first-order chi connectivity index (χ1) is 10.6. The Morgan fingerprint density at radius 2 is 1.96 bits per heavy atom. The second-order valence-corrected chi connectivity index (χ2v) is 5.39. The monoisotopic (exact) mass is 331 g/mol. The summed E-state index contributed by atoms with van der Waals surface area (Å²) in [5, 5.41) is 4.42. The number of carbonyl (C=O) groups excluding carboxylic acids is 2. The van der Waals surface area contributed by atoms with E-state index < -0.39 is 18.6 Å². The van der Waals surface area contributed by atoms with E-state index in [1.54, 1.807) is 25.2 Å². The van der Waals surface area contributed by atoms with Crippen LogP contribution in [0.3, 0.4) is 0 Å². The van der Waals surface area contributed by atoms with Crippen LogP contribution in [-0.4, -0.2) is 30.6 Å². The van der Waals surface area contributed by atoms with Gasteiger partial charge in [0.25, 0.3) is 5.91 Å². The van der Waals surface area contributed by atoms with Crippen molar-refractivity contribution in [1.82, 2.24) is 5.32 Å². The molecule has 128 valence electrons. The van der Waals surface area contributed by atoms with Crippen LogP contribution in [0.2, 0.25) is 0 Å². The Morgan fingerprint density at radius 3 is 2.52 bits per heavy atom. The number of hydrogen-bond donors (Lipinski definition) is 3. The molecule has 0 aliphatic rings. The van der Waals surface area contributed by atoms with Gasteiger partial charge in [0.05, 0.1) is 0 Å². The van der Waals surface area contributed by atoms with Crippen molar-refractivity contribution in [1.29, 1.82) is 0 Å². The summed E-state index contributed by atoms with van der Waals surface area (Å²) < 4.78 is 36.3. The van der Waals surface area contributed by atoms with Crippen LogP contribution in [0.25, 0.3) is 0 Å². The molecule has 1 aromatic carbocycles. The Hall–Kier alpha value is -2.09. The van der Waals surface area contributed by atoms with Crippen LogP contribution in [0.15, 0.2) is 18.2 Å². The Balaban J connectivity index is 2.75. The van der Waals surface area contributed by atoms with Gasteiger partial charge in [0, 0.05) is 23.7 Å². The largest absolute Gasteiger partial charge is 0.405 e. The van der Waals surface area contributed by atoms with E-state index in [0.29, 0.717) is 17.7 Å². The number of amides is 2. The topological polar surface area (TPSA) is 84.2 Å². The predicted octanol–water partition coefficient (Wildman–Crippen LogP) is 2.35. The third kappa shape index (κ3) is 7.14. The van der Waals surface area contributed by atoms with Crippen molar-refractivity contribution >= 4 is 17.5 Å². The van der Waals surface area contributed by atoms with E-state index in [1.165, 1.54) is 12.1 Å². The molecular formula is C15H20F3N3O2. The zero-order chi connectivity index (χ0) is 17.6. The number of aryl methyl sites for hydroxylation is 1. The summed E-state index contributed by atoms with van der Waals surface area (Å²) in [7, 11) is 0. The Morgan fingerprint density at radius 1 is 1.30 bits per heavy atom. The molecule has 0 saturated heterocycles. The van der Waals surface area contributed by atoms with Gasteiger partial charge < -0.3 is 16.4 Å². The Labute approximate surface area is 132 Å². The molecule has 0 spiro atoms. The molecule has 1 unspecified atom stereocenters. The second kappa shape index (κ2) is 7.96. The van der Waals surface area contributed by atoms with Crippen LogP contribution in [0, 0.1) is 6.92 Å². The van der Waals surface area contributed by atoms with Crippen LogP contribution in [0.1, 0.15) is 35.7 Å². The minimum Gasteiger partial charge on any atom is -0.343 e. The van der Waals surface area contributed by atoms with Gasteiger partial charge in [-0.3, -0.25) is 9.59 Å². The van der Waals surface area contributed by atoms with Gasteiger partial charge in [-0.2, -0.15) is 13.2 Å². The third-order valence-electron chi connectivity index (χ3n) is 3.05. The van der Waals surface area contributed by atoms with Gasteiger partial charge in [0.2, 0.25) is 5.91 Å². The highest BCUT2D eigenvalue weighted by Crippen LogP contribution is 2.18. The molecule has 0 heterocycles. The van der Waals surface area contributed by atoms with Crippen molar-refractivity contribution in [2.45, 2.75) is 38.9 Å². The fourth-order valence-electron chi connectivity index (χ4n) is 1.75. The first kappa shape index (κ1) is 19.0. The number of rotatable bonds is 6. The zero-order valence-corrected chi connectivity index (χ0v) is 13.0. The molecule has 23 heavy (non-hydrogen) atoms. The number of alkyl halides is 3. The number of nitrogens with two attached hydrogens (primary N) is 1. The molecule has 1 atom stereocenters. The van der Waals surface area contributed by atoms with Crippen molar-refractivity contribution in [3.63, 3.8) is 0 Å². The van der Waals surface area contributed by atoms with Crippen molar-refractivity contribution < 1.29 is 22.8 Å². The fourth-order valence-corrected chi connectivity index (χ4v) is 1.75. The van der Waals surface area contributed by atoms with E-state index >= 15 is 0 Å². The van der Waals surface area contributed by atoms with E-state index in [4.69, 9.17) is 5.73 Å². The smallest absolute Gasteiger partial charge is 0.343 e. The molecule has 0 saturated carbocycles. The van der Waals surface area contributed by atoms with Crippen LogP contribution >= 0.6 is 0 Å². The highest BCUT2D eigenvalue weighted by atomic mass is 19.4. The van der Waals surface area contributed by atoms with Gasteiger partial charge in [0.1, 0.15) is 6.54 Å². The normalized spacial score (nSPS) is 12.6. The number of benzene rings is 1. The molecule has 0 bridgehead atoms. The van der Waals surface area contributed by atoms with Gasteiger partial charge in [-0.25, -0.2) is 0 Å². The second-order valence-electron chi connectivity index (χ2n) is 5.39. The van der Waals surface area contributed by atoms with Gasteiger partial charge in [0.15, 0.2) is 0 Å². The molecule has 0 fully saturated rings. The molecule has 1 aromatic rings. The number of anilines is 1. The first-order valence-corrected chi connectivity index (χ1v) is 7.09. The van der Waals surface area contributed by atoms with E-state index in [1.807, 2.05) is 0 Å². The molecule has 2 amide bonds. The Bertz CT molecular complexity index is 572. The molecule has 8 heteroatoms. The van der Waals surface area contributed by atoms with E-state index in [0.717, 1.165) is 0 Å². The Kier molecular flexibility index (Phi) is 6.56. The minimum absolute atomic E-state index is 0.0438. The molecule has 5 nitrogen and oxygen atoms in total. The lowest BCUT2D eigenvalue weighted by Gasteiger charge is -2.12. The van der Waals surface area contributed by atoms with Gasteiger partial charge in [-0.15, -0.1) is 0 Å². The molecule has 0 aliphatic carbocycles. The standard InChI is InChI=1S/C15H20F3N3O2/c1-9-3-5-11(14(23)20-8-15(16,17)18)7-12(9)21-13(22)6-4-10(2)19/h3,5,7,10H,4,6,8,19H2,1-2H3,(H,20,23)(H,21,22). The van der Waals surface area contributed by atoms with E-state index in [9.17, 15) is 22.8 Å². The van der Waals surface area contributed by atoms with Crippen LogP contribution in [-0.2, 0) is 4.79 Å². The van der Waals surface area contributed by atoms with Crippen LogP contribution < -0.4 is 16.4 Å². The maximum absolute atomic E-state index is 12.1. The van der Waals surface area contributed by atoms with E-state index in [-0.39, 0.29) is 23.9 Å². The summed E-state index contributed by atoms with van der Waals surface area (Å²) in [6.07, 6.45) is -3.74. The maximum atomic E-state index is 12.1. The maximum Gasteiger partial charge on any atom is 0.405 e. The number of nitrogens with one attached hydrogen (secondary N) is 2. The summed E-state index contributed by atoms with van der Waals surface area (Å²) in [6.45, 7) is 2.10. The lowest BCUT2D eigenvalue weighted by molar-refractivity contribution is -0.123. The first-order valence-electron chi connectivity index (χ1n) is 7.09. The van der Waals surface area contributed by atoms with Gasteiger partial charge >= 0.3 is 6.18 Å². The van der Waals surface area contributed by atoms with Crippen LogP contribution in [0.5, 0.6) is 0 Å².